The van der Waals surface area contributed by atoms with Crippen LogP contribution in [-0.2, 0) is 14.4 Å². The van der Waals surface area contributed by atoms with Gasteiger partial charge in [0.05, 0.1) is 13.2 Å². The van der Waals surface area contributed by atoms with Crippen molar-refractivity contribution in [2.24, 2.45) is 11.1 Å². The Morgan fingerprint density at radius 1 is 1.33 bits per heavy atom. The molecule has 2 unspecified atom stereocenters. The highest BCUT2D eigenvalue weighted by atomic mass is 16.7. The fraction of sp³-hybridized carbons (Fsp3) is 0.333. The lowest BCUT2D eigenvalue weighted by Crippen LogP contribution is -2.28. The molecule has 24 heavy (non-hydrogen) atoms. The van der Waals surface area contributed by atoms with Gasteiger partial charge >= 0.3 is 11.9 Å². The first-order chi connectivity index (χ1) is 11.4. The number of carbonyl (C=O) groups is 1. The molecule has 2 atom stereocenters. The molecule has 2 aromatic heterocycles. The molecule has 0 spiro atoms. The van der Waals surface area contributed by atoms with Crippen LogP contribution in [0.15, 0.2) is 32.2 Å². The summed E-state index contributed by atoms with van der Waals surface area (Å²) in [6, 6.07) is 4.31. The van der Waals surface area contributed by atoms with Crippen molar-refractivity contribution in [2.75, 3.05) is 7.11 Å². The van der Waals surface area contributed by atoms with Crippen LogP contribution in [-0.4, -0.2) is 23.7 Å². The lowest BCUT2D eigenvalue weighted by Gasteiger charge is -2.14. The van der Waals surface area contributed by atoms with Gasteiger partial charge in [-0.2, -0.15) is 0 Å². The zero-order valence-corrected chi connectivity index (χ0v) is 13.1. The summed E-state index contributed by atoms with van der Waals surface area (Å²) in [4.78, 5) is 27.7. The van der Waals surface area contributed by atoms with Crippen LogP contribution in [0.4, 0.5) is 5.88 Å². The number of aryl methyl sites for hydroxylation is 2. The van der Waals surface area contributed by atoms with Gasteiger partial charge in [-0.3, -0.25) is 14.9 Å². The molecule has 0 bridgehead atoms. The minimum Gasteiger partial charge on any atom is -0.468 e. The van der Waals surface area contributed by atoms with Gasteiger partial charge in [0, 0.05) is 5.56 Å². The van der Waals surface area contributed by atoms with E-state index < -0.39 is 28.8 Å². The summed E-state index contributed by atoms with van der Waals surface area (Å²) < 4.78 is 15.4. The first-order valence-electron chi connectivity index (χ1n) is 7.05. The van der Waals surface area contributed by atoms with E-state index in [4.69, 9.17) is 18.4 Å². The van der Waals surface area contributed by atoms with E-state index in [-0.39, 0.29) is 5.76 Å². The Balaban J connectivity index is 1.99. The highest BCUT2D eigenvalue weighted by molar-refractivity contribution is 6.13. The molecule has 9 nitrogen and oxygen atoms in total. The molecule has 9 heteroatoms. The zero-order valence-electron chi connectivity index (χ0n) is 13.1. The van der Waals surface area contributed by atoms with Crippen LogP contribution in [0.3, 0.4) is 0 Å². The molecule has 3 heterocycles. The van der Waals surface area contributed by atoms with E-state index >= 15 is 0 Å². The number of hydrogen-bond donors (Lipinski definition) is 0. The first-order valence-corrected chi connectivity index (χ1v) is 7.05. The fourth-order valence-corrected chi connectivity index (χ4v) is 2.65. The molecule has 126 valence electrons. The van der Waals surface area contributed by atoms with Crippen molar-refractivity contribution in [3.05, 3.63) is 51.2 Å². The predicted octanol–water partition coefficient (Wildman–Crippen LogP) is 2.66. The smallest absolute Gasteiger partial charge is 0.433 e. The van der Waals surface area contributed by atoms with Gasteiger partial charge in [0.15, 0.2) is 5.76 Å². The number of methoxy groups -OCH3 is 1. The van der Waals surface area contributed by atoms with Gasteiger partial charge in [0.25, 0.3) is 0 Å². The maximum atomic E-state index is 12.3. The van der Waals surface area contributed by atoms with Crippen LogP contribution >= 0.6 is 0 Å². The molecular weight excluding hydrogens is 320 g/mol. The molecular formula is C15H14N2O7. The van der Waals surface area contributed by atoms with Crippen LogP contribution in [0.2, 0.25) is 0 Å². The predicted molar refractivity (Wildman–Crippen MR) is 79.4 cm³/mol. The topological polar surface area (TPSA) is 117 Å². The molecule has 0 N–H and O–H groups in total. The van der Waals surface area contributed by atoms with Gasteiger partial charge in [0.1, 0.15) is 28.1 Å². The van der Waals surface area contributed by atoms with E-state index in [1.54, 1.807) is 19.9 Å². The van der Waals surface area contributed by atoms with E-state index in [2.05, 4.69) is 5.16 Å². The quantitative estimate of drug-likeness (QED) is 0.479. The van der Waals surface area contributed by atoms with Gasteiger partial charge < -0.3 is 18.4 Å². The molecule has 1 aliphatic heterocycles. The normalized spacial score (nSPS) is 19.7. The summed E-state index contributed by atoms with van der Waals surface area (Å²) in [5.74, 6) is -0.597. The summed E-state index contributed by atoms with van der Waals surface area (Å²) in [7, 11) is 1.24. The van der Waals surface area contributed by atoms with Crippen molar-refractivity contribution in [3.8, 4) is 0 Å². The molecule has 1 aliphatic rings. The molecule has 0 amide bonds. The number of ether oxygens (including phenoxy) is 1. The van der Waals surface area contributed by atoms with Gasteiger partial charge in [-0.1, -0.05) is 5.16 Å². The Kier molecular flexibility index (Phi) is 3.84. The number of nitro groups is 1. The second-order valence-corrected chi connectivity index (χ2v) is 5.26. The van der Waals surface area contributed by atoms with Crippen LogP contribution in [0, 0.1) is 29.9 Å². The summed E-state index contributed by atoms with van der Waals surface area (Å²) in [5, 5.41) is 14.7. The zero-order chi connectivity index (χ0) is 17.4. The SMILES string of the molecule is COC(=O)C1C(c2cc(C)oc2C)=NOC1c1ccc([N+](=O)[O-])o1. The van der Waals surface area contributed by atoms with E-state index in [9.17, 15) is 14.9 Å². The first kappa shape index (κ1) is 15.8. The van der Waals surface area contributed by atoms with Crippen LogP contribution in [0.25, 0.3) is 0 Å². The number of oxime groups is 1. The third-order valence-corrected chi connectivity index (χ3v) is 3.71. The second-order valence-electron chi connectivity index (χ2n) is 5.26. The van der Waals surface area contributed by atoms with Gasteiger partial charge in [-0.15, -0.1) is 0 Å². The average Bonchev–Trinajstić information content (AvgIpc) is 3.23. The number of rotatable bonds is 4. The third kappa shape index (κ3) is 2.53. The van der Waals surface area contributed by atoms with Crippen molar-refractivity contribution in [2.45, 2.75) is 20.0 Å². The summed E-state index contributed by atoms with van der Waals surface area (Å²) in [6.45, 7) is 3.51. The monoisotopic (exact) mass is 334 g/mol. The van der Waals surface area contributed by atoms with Gasteiger partial charge in [-0.25, -0.2) is 0 Å². The largest absolute Gasteiger partial charge is 0.468 e. The van der Waals surface area contributed by atoms with E-state index in [1.165, 1.54) is 19.2 Å². The number of hydrogen-bond acceptors (Lipinski definition) is 8. The Bertz CT molecular complexity index is 833. The molecule has 2 aromatic rings. The van der Waals surface area contributed by atoms with Gasteiger partial charge in [-0.05, 0) is 26.0 Å². The number of furan rings is 2. The molecule has 0 aromatic carbocycles. The van der Waals surface area contributed by atoms with Crippen LogP contribution < -0.4 is 0 Å². The Morgan fingerprint density at radius 3 is 2.62 bits per heavy atom. The minimum absolute atomic E-state index is 0.119. The highest BCUT2D eigenvalue weighted by Gasteiger charge is 2.45. The molecule has 3 rings (SSSR count). The average molecular weight is 334 g/mol. The Morgan fingerprint density at radius 2 is 2.08 bits per heavy atom. The van der Waals surface area contributed by atoms with Crippen LogP contribution in [0.5, 0.6) is 0 Å². The van der Waals surface area contributed by atoms with Crippen molar-refractivity contribution in [1.82, 2.24) is 0 Å². The second kappa shape index (κ2) is 5.84. The summed E-state index contributed by atoms with van der Waals surface area (Å²) in [5.41, 5.74) is 0.951. The molecule has 0 radical (unpaired) electrons. The van der Waals surface area contributed by atoms with Gasteiger partial charge in [0.2, 0.25) is 6.10 Å². The minimum atomic E-state index is -0.948. The number of esters is 1. The van der Waals surface area contributed by atoms with E-state index in [1.807, 2.05) is 0 Å². The fourth-order valence-electron chi connectivity index (χ4n) is 2.65. The van der Waals surface area contributed by atoms with Crippen molar-refractivity contribution < 1.29 is 28.1 Å². The number of nitrogens with zero attached hydrogens (tertiary/aromatic N) is 2. The summed E-state index contributed by atoms with van der Waals surface area (Å²) >= 11 is 0. The maximum absolute atomic E-state index is 12.3. The Labute approximate surface area is 136 Å². The molecule has 0 saturated carbocycles. The lowest BCUT2D eigenvalue weighted by atomic mass is 9.91. The highest BCUT2D eigenvalue weighted by Crippen LogP contribution is 2.38. The third-order valence-electron chi connectivity index (χ3n) is 3.71. The molecule has 0 aliphatic carbocycles. The van der Waals surface area contributed by atoms with Crippen molar-refractivity contribution >= 4 is 17.6 Å². The maximum Gasteiger partial charge on any atom is 0.433 e. The standard InChI is InChI=1S/C15H14N2O7/c1-7-6-9(8(2)22-7)13-12(15(18)21-3)14(24-16-13)10-4-5-11(23-10)17(19)20/h4-6,12,14H,1-3H3. The van der Waals surface area contributed by atoms with E-state index in [0.29, 0.717) is 22.8 Å². The lowest BCUT2D eigenvalue weighted by molar-refractivity contribution is -0.402. The van der Waals surface area contributed by atoms with Crippen LogP contribution in [0.1, 0.15) is 28.9 Å². The molecule has 0 saturated heterocycles. The van der Waals surface area contributed by atoms with Crippen molar-refractivity contribution in [1.29, 1.82) is 0 Å². The van der Waals surface area contributed by atoms with E-state index in [0.717, 1.165) is 0 Å². The number of carbonyl (C=O) groups excluding carboxylic acids is 1. The molecule has 0 fully saturated rings. The summed E-state index contributed by atoms with van der Waals surface area (Å²) in [6.07, 6.45) is -0.948. The van der Waals surface area contributed by atoms with Crippen molar-refractivity contribution in [3.63, 3.8) is 0 Å². The Hall–Kier alpha value is -3.10.